The Balaban J connectivity index is 2.04. The smallest absolute Gasteiger partial charge is 0.253 e. The van der Waals surface area contributed by atoms with Gasteiger partial charge < -0.3 is 16.0 Å². The lowest BCUT2D eigenvalue weighted by molar-refractivity contribution is 0.942. The highest BCUT2D eigenvalue weighted by atomic mass is 32.2. The average Bonchev–Trinajstić information content (AvgIpc) is 2.73. The average molecular weight is 270 g/mol. The van der Waals surface area contributed by atoms with Crippen LogP contribution in [0.2, 0.25) is 0 Å². The van der Waals surface area contributed by atoms with Crippen molar-refractivity contribution in [1.82, 2.24) is 20.2 Å². The van der Waals surface area contributed by atoms with Gasteiger partial charge in [-0.1, -0.05) is 23.1 Å². The molecular formula is C8H10N6OS2. The molecule has 0 aromatic carbocycles. The summed E-state index contributed by atoms with van der Waals surface area (Å²) in [5.41, 5.74) is 5.22. The standard InChI is InChI=1S/C8H10N6OS2/c1-10-7-14-13-6(17-7)3-16-8-11-4(9)2-5(15)12-8/h2H,3H2,1H3,(H,10,14)(H3,9,11,12,15). The number of rotatable bonds is 4. The number of H-pyrrole nitrogens is 1. The fourth-order valence-electron chi connectivity index (χ4n) is 1.06. The summed E-state index contributed by atoms with van der Waals surface area (Å²) in [6, 6.07) is 1.24. The molecule has 0 fully saturated rings. The maximum atomic E-state index is 11.1. The Hall–Kier alpha value is -1.61. The molecule has 2 aromatic rings. The minimum atomic E-state index is -0.256. The van der Waals surface area contributed by atoms with Crippen LogP contribution in [-0.2, 0) is 5.75 Å². The SMILES string of the molecule is CNc1nnc(CSc2nc(N)cc(=O)[nH]2)s1. The van der Waals surface area contributed by atoms with E-state index in [0.29, 0.717) is 10.9 Å². The van der Waals surface area contributed by atoms with Crippen molar-refractivity contribution >= 4 is 34.0 Å². The maximum Gasteiger partial charge on any atom is 0.253 e. The minimum absolute atomic E-state index is 0.212. The summed E-state index contributed by atoms with van der Waals surface area (Å²) in [6.07, 6.45) is 0. The molecule has 0 aliphatic rings. The zero-order valence-corrected chi connectivity index (χ0v) is 10.6. The van der Waals surface area contributed by atoms with E-state index in [1.54, 1.807) is 7.05 Å². The molecule has 0 atom stereocenters. The van der Waals surface area contributed by atoms with Gasteiger partial charge >= 0.3 is 0 Å². The van der Waals surface area contributed by atoms with Gasteiger partial charge in [0.05, 0.1) is 5.75 Å². The number of aromatic nitrogens is 4. The molecule has 0 spiro atoms. The maximum absolute atomic E-state index is 11.1. The first-order valence-electron chi connectivity index (χ1n) is 4.67. The minimum Gasteiger partial charge on any atom is -0.383 e. The molecule has 9 heteroatoms. The second-order valence-corrected chi connectivity index (χ2v) is 5.04. The Morgan fingerprint density at radius 2 is 2.41 bits per heavy atom. The summed E-state index contributed by atoms with van der Waals surface area (Å²) in [6.45, 7) is 0. The van der Waals surface area contributed by atoms with Crippen LogP contribution in [0.25, 0.3) is 0 Å². The van der Waals surface area contributed by atoms with Crippen molar-refractivity contribution in [2.45, 2.75) is 10.9 Å². The highest BCUT2D eigenvalue weighted by Gasteiger charge is 2.05. The van der Waals surface area contributed by atoms with Gasteiger partial charge in [-0.3, -0.25) is 4.79 Å². The van der Waals surface area contributed by atoms with Crippen molar-refractivity contribution in [3.05, 3.63) is 21.4 Å². The van der Waals surface area contributed by atoms with Gasteiger partial charge in [0.2, 0.25) is 5.13 Å². The van der Waals surface area contributed by atoms with E-state index in [2.05, 4.69) is 25.5 Å². The molecule has 17 heavy (non-hydrogen) atoms. The third-order valence-electron chi connectivity index (χ3n) is 1.75. The van der Waals surface area contributed by atoms with E-state index in [1.807, 2.05) is 0 Å². The van der Waals surface area contributed by atoms with Crippen LogP contribution in [0.5, 0.6) is 0 Å². The molecule has 0 saturated heterocycles. The van der Waals surface area contributed by atoms with Crippen molar-refractivity contribution in [2.75, 3.05) is 18.1 Å². The Bertz CT molecular complexity index is 565. The van der Waals surface area contributed by atoms with Crippen LogP contribution in [0.1, 0.15) is 5.01 Å². The third kappa shape index (κ3) is 3.17. The zero-order valence-electron chi connectivity index (χ0n) is 8.93. The van der Waals surface area contributed by atoms with E-state index in [1.165, 1.54) is 29.2 Å². The summed E-state index contributed by atoms with van der Waals surface area (Å²) in [7, 11) is 1.79. The number of nitrogens with two attached hydrogens (primary N) is 1. The summed E-state index contributed by atoms with van der Waals surface area (Å²) in [5.74, 6) is 0.801. The topological polar surface area (TPSA) is 110 Å². The van der Waals surface area contributed by atoms with Crippen molar-refractivity contribution in [1.29, 1.82) is 0 Å². The van der Waals surface area contributed by atoms with E-state index in [0.717, 1.165) is 10.1 Å². The number of nitrogens with one attached hydrogen (secondary N) is 2. The van der Waals surface area contributed by atoms with E-state index in [4.69, 9.17) is 5.73 Å². The molecule has 0 bridgehead atoms. The van der Waals surface area contributed by atoms with E-state index in [9.17, 15) is 4.79 Å². The number of aromatic amines is 1. The predicted molar refractivity (Wildman–Crippen MR) is 68.3 cm³/mol. The van der Waals surface area contributed by atoms with Gasteiger partial charge in [0, 0.05) is 13.1 Å². The van der Waals surface area contributed by atoms with Gasteiger partial charge in [0.15, 0.2) is 5.16 Å². The second kappa shape index (κ2) is 5.15. The predicted octanol–water partition coefficient (Wildman–Crippen LogP) is 0.538. The van der Waals surface area contributed by atoms with Crippen molar-refractivity contribution in [3.8, 4) is 0 Å². The Morgan fingerprint density at radius 1 is 1.59 bits per heavy atom. The number of hydrogen-bond donors (Lipinski definition) is 3. The van der Waals surface area contributed by atoms with E-state index < -0.39 is 0 Å². The van der Waals surface area contributed by atoms with Crippen LogP contribution >= 0.6 is 23.1 Å². The lowest BCUT2D eigenvalue weighted by Crippen LogP contribution is -2.09. The van der Waals surface area contributed by atoms with Gasteiger partial charge in [-0.2, -0.15) is 0 Å². The Morgan fingerprint density at radius 3 is 3.06 bits per heavy atom. The van der Waals surface area contributed by atoms with E-state index >= 15 is 0 Å². The molecular weight excluding hydrogens is 260 g/mol. The number of nitrogen functional groups attached to an aromatic ring is 1. The van der Waals surface area contributed by atoms with Gasteiger partial charge in [-0.15, -0.1) is 10.2 Å². The molecule has 2 rings (SSSR count). The van der Waals surface area contributed by atoms with Crippen LogP contribution in [0, 0.1) is 0 Å². The van der Waals surface area contributed by atoms with Crippen LogP contribution in [0.3, 0.4) is 0 Å². The third-order valence-corrected chi connectivity index (χ3v) is 3.76. The molecule has 0 amide bonds. The van der Waals surface area contributed by atoms with E-state index in [-0.39, 0.29) is 11.4 Å². The van der Waals surface area contributed by atoms with Gasteiger partial charge in [-0.05, 0) is 0 Å². The van der Waals surface area contributed by atoms with Gasteiger partial charge in [-0.25, -0.2) is 4.98 Å². The molecule has 2 aromatic heterocycles. The molecule has 0 radical (unpaired) electrons. The number of thioether (sulfide) groups is 1. The summed E-state index contributed by atoms with van der Waals surface area (Å²) < 4.78 is 0. The van der Waals surface area contributed by atoms with Gasteiger partial charge in [0.1, 0.15) is 10.8 Å². The monoisotopic (exact) mass is 270 g/mol. The molecule has 90 valence electrons. The molecule has 2 heterocycles. The van der Waals surface area contributed by atoms with Crippen LogP contribution in [-0.4, -0.2) is 27.2 Å². The first-order valence-corrected chi connectivity index (χ1v) is 6.47. The summed E-state index contributed by atoms with van der Waals surface area (Å²) >= 11 is 2.81. The lowest BCUT2D eigenvalue weighted by atomic mass is 10.6. The molecule has 0 aliphatic heterocycles. The molecule has 7 nitrogen and oxygen atoms in total. The fraction of sp³-hybridized carbons (Fsp3) is 0.250. The van der Waals surface area contributed by atoms with Gasteiger partial charge in [0.25, 0.3) is 5.56 Å². The van der Waals surface area contributed by atoms with Crippen molar-refractivity contribution in [2.24, 2.45) is 0 Å². The normalized spacial score (nSPS) is 10.4. The number of nitrogens with zero attached hydrogens (tertiary/aromatic N) is 3. The summed E-state index contributed by atoms with van der Waals surface area (Å²) in [4.78, 5) is 17.7. The fourth-order valence-corrected chi connectivity index (χ4v) is 2.63. The lowest BCUT2D eigenvalue weighted by Gasteiger charge is -1.98. The molecule has 0 aliphatic carbocycles. The van der Waals surface area contributed by atoms with Crippen LogP contribution in [0.15, 0.2) is 16.0 Å². The Labute approximate surface area is 105 Å². The quantitative estimate of drug-likeness (QED) is 0.549. The first-order chi connectivity index (χ1) is 8.17. The second-order valence-electron chi connectivity index (χ2n) is 3.02. The molecule has 4 N–H and O–H groups in total. The zero-order chi connectivity index (χ0) is 12.3. The van der Waals surface area contributed by atoms with Crippen LogP contribution < -0.4 is 16.6 Å². The van der Waals surface area contributed by atoms with Crippen molar-refractivity contribution < 1.29 is 0 Å². The highest BCUT2D eigenvalue weighted by molar-refractivity contribution is 7.98. The van der Waals surface area contributed by atoms with Crippen molar-refractivity contribution in [3.63, 3.8) is 0 Å². The first kappa shape index (κ1) is 11.9. The number of hydrogen-bond acceptors (Lipinski definition) is 8. The van der Waals surface area contributed by atoms with Crippen LogP contribution in [0.4, 0.5) is 10.9 Å². The highest BCUT2D eigenvalue weighted by Crippen LogP contribution is 2.22. The largest absolute Gasteiger partial charge is 0.383 e. The molecule has 0 unspecified atom stereocenters. The molecule has 0 saturated carbocycles. The number of anilines is 2. The Kier molecular flexibility index (Phi) is 3.59. The summed E-state index contributed by atoms with van der Waals surface area (Å²) in [5, 5.41) is 12.9.